The number of nitrogens with one attached hydrogen (secondary N) is 1. The lowest BCUT2D eigenvalue weighted by molar-refractivity contribution is 0.230. The van der Waals surface area contributed by atoms with Crippen molar-refractivity contribution >= 4 is 0 Å². The standard InChI is InChI=1S/C14H17F3N2/c1-8-11-5-18-4-10(11)7-19(8)6-9-2-12(15)14(17)13(16)3-9/h2-3,8,10-11,18H,4-7H2,1H3. The third kappa shape index (κ3) is 2.25. The minimum atomic E-state index is -1.39. The Kier molecular flexibility index (Phi) is 3.27. The molecule has 2 heterocycles. The molecule has 3 atom stereocenters. The van der Waals surface area contributed by atoms with Gasteiger partial charge >= 0.3 is 0 Å². The normalized spacial score (nSPS) is 30.8. The summed E-state index contributed by atoms with van der Waals surface area (Å²) in [4.78, 5) is 2.22. The fourth-order valence-corrected chi connectivity index (χ4v) is 3.40. The van der Waals surface area contributed by atoms with Crippen LogP contribution in [0.15, 0.2) is 12.1 Å². The van der Waals surface area contributed by atoms with E-state index in [4.69, 9.17) is 0 Å². The first-order valence-corrected chi connectivity index (χ1v) is 6.64. The number of hydrogen-bond acceptors (Lipinski definition) is 2. The van der Waals surface area contributed by atoms with Gasteiger partial charge in [-0.05, 0) is 49.5 Å². The summed E-state index contributed by atoms with van der Waals surface area (Å²) in [5.74, 6) is -2.38. The quantitative estimate of drug-likeness (QED) is 0.828. The zero-order valence-corrected chi connectivity index (χ0v) is 10.8. The van der Waals surface area contributed by atoms with Crippen LogP contribution in [0, 0.1) is 29.3 Å². The summed E-state index contributed by atoms with van der Waals surface area (Å²) in [5.41, 5.74) is 0.496. The maximum atomic E-state index is 13.2. The zero-order valence-electron chi connectivity index (χ0n) is 10.8. The summed E-state index contributed by atoms with van der Waals surface area (Å²) < 4.78 is 39.3. The number of nitrogens with zero attached hydrogens (tertiary/aromatic N) is 1. The molecule has 1 aromatic rings. The predicted molar refractivity (Wildman–Crippen MR) is 66.0 cm³/mol. The molecule has 3 rings (SSSR count). The SMILES string of the molecule is CC1C2CNCC2CN1Cc1cc(F)c(F)c(F)c1. The second-order valence-electron chi connectivity index (χ2n) is 5.63. The van der Waals surface area contributed by atoms with E-state index in [0.717, 1.165) is 31.8 Å². The summed E-state index contributed by atoms with van der Waals surface area (Å²) in [7, 11) is 0. The molecule has 0 bridgehead atoms. The average Bonchev–Trinajstić information content (AvgIpc) is 2.91. The van der Waals surface area contributed by atoms with Gasteiger partial charge in [-0.3, -0.25) is 4.90 Å². The lowest BCUT2D eigenvalue weighted by atomic mass is 9.95. The van der Waals surface area contributed by atoms with E-state index in [1.54, 1.807) is 0 Å². The number of likely N-dealkylation sites (tertiary alicyclic amines) is 1. The van der Waals surface area contributed by atoms with Crippen molar-refractivity contribution in [3.8, 4) is 0 Å². The molecule has 0 radical (unpaired) electrons. The van der Waals surface area contributed by atoms with E-state index in [1.807, 2.05) is 0 Å². The molecule has 1 N–H and O–H groups in total. The third-order valence-electron chi connectivity index (χ3n) is 4.49. The molecule has 1 aromatic carbocycles. The lowest BCUT2D eigenvalue weighted by Crippen LogP contribution is -2.32. The van der Waals surface area contributed by atoms with Crippen molar-refractivity contribution in [1.82, 2.24) is 10.2 Å². The Hall–Kier alpha value is -1.07. The van der Waals surface area contributed by atoms with Crippen LogP contribution < -0.4 is 5.32 Å². The number of hydrogen-bond donors (Lipinski definition) is 1. The summed E-state index contributed by atoms with van der Waals surface area (Å²) in [6, 6.07) is 2.57. The van der Waals surface area contributed by atoms with Gasteiger partial charge in [0.2, 0.25) is 0 Å². The predicted octanol–water partition coefficient (Wildman–Crippen LogP) is 2.14. The van der Waals surface area contributed by atoms with Crippen LogP contribution in [0.5, 0.6) is 0 Å². The number of fused-ring (bicyclic) bond motifs is 1. The maximum absolute atomic E-state index is 13.2. The van der Waals surface area contributed by atoms with E-state index in [2.05, 4.69) is 17.1 Å². The van der Waals surface area contributed by atoms with Gasteiger partial charge in [0.05, 0.1) is 0 Å². The van der Waals surface area contributed by atoms with Crippen molar-refractivity contribution < 1.29 is 13.2 Å². The minimum Gasteiger partial charge on any atom is -0.316 e. The summed E-state index contributed by atoms with van der Waals surface area (Å²) in [5, 5.41) is 3.37. The van der Waals surface area contributed by atoms with E-state index in [9.17, 15) is 13.2 Å². The second-order valence-corrected chi connectivity index (χ2v) is 5.63. The highest BCUT2D eigenvalue weighted by Gasteiger charge is 2.41. The van der Waals surface area contributed by atoms with Crippen LogP contribution in [0.3, 0.4) is 0 Å². The van der Waals surface area contributed by atoms with Crippen molar-refractivity contribution in [2.75, 3.05) is 19.6 Å². The van der Waals surface area contributed by atoms with Crippen LogP contribution in [0.2, 0.25) is 0 Å². The van der Waals surface area contributed by atoms with E-state index >= 15 is 0 Å². The molecule has 0 spiro atoms. The van der Waals surface area contributed by atoms with Crippen molar-refractivity contribution in [3.63, 3.8) is 0 Å². The molecule has 3 unspecified atom stereocenters. The van der Waals surface area contributed by atoms with E-state index < -0.39 is 17.5 Å². The van der Waals surface area contributed by atoms with Crippen molar-refractivity contribution in [1.29, 1.82) is 0 Å². The summed E-state index contributed by atoms with van der Waals surface area (Å²) in [6.45, 7) is 5.57. The monoisotopic (exact) mass is 270 g/mol. The molecule has 0 amide bonds. The minimum absolute atomic E-state index is 0.385. The number of rotatable bonds is 2. The molecule has 104 valence electrons. The Morgan fingerprint density at radius 2 is 1.89 bits per heavy atom. The van der Waals surface area contributed by atoms with Gasteiger partial charge in [-0.2, -0.15) is 0 Å². The Bertz CT molecular complexity index is 469. The molecule has 19 heavy (non-hydrogen) atoms. The molecule has 5 heteroatoms. The Morgan fingerprint density at radius 3 is 2.53 bits per heavy atom. The maximum Gasteiger partial charge on any atom is 0.194 e. The highest BCUT2D eigenvalue weighted by molar-refractivity contribution is 5.20. The van der Waals surface area contributed by atoms with Crippen molar-refractivity contribution in [2.45, 2.75) is 19.5 Å². The van der Waals surface area contributed by atoms with Gasteiger partial charge in [0.1, 0.15) is 0 Å². The van der Waals surface area contributed by atoms with Gasteiger partial charge in [-0.25, -0.2) is 13.2 Å². The highest BCUT2D eigenvalue weighted by Crippen LogP contribution is 2.33. The van der Waals surface area contributed by atoms with Gasteiger partial charge in [0.25, 0.3) is 0 Å². The van der Waals surface area contributed by atoms with Crippen LogP contribution in [-0.4, -0.2) is 30.6 Å². The van der Waals surface area contributed by atoms with Crippen LogP contribution in [0.1, 0.15) is 12.5 Å². The Labute approximate surface area is 110 Å². The fraction of sp³-hybridized carbons (Fsp3) is 0.571. The molecule has 0 aliphatic carbocycles. The van der Waals surface area contributed by atoms with E-state index in [-0.39, 0.29) is 0 Å². The lowest BCUT2D eigenvalue weighted by Gasteiger charge is -2.24. The molecule has 2 aliphatic rings. The molecule has 0 aromatic heterocycles. The molecular weight excluding hydrogens is 253 g/mol. The molecule has 2 aliphatic heterocycles. The van der Waals surface area contributed by atoms with E-state index in [0.29, 0.717) is 30.0 Å². The second kappa shape index (κ2) is 4.80. The first kappa shape index (κ1) is 12.9. The van der Waals surface area contributed by atoms with Crippen LogP contribution in [0.25, 0.3) is 0 Å². The fourth-order valence-electron chi connectivity index (χ4n) is 3.40. The Balaban J connectivity index is 1.75. The first-order valence-electron chi connectivity index (χ1n) is 6.64. The first-order chi connectivity index (χ1) is 9.06. The third-order valence-corrected chi connectivity index (χ3v) is 4.49. The van der Waals surface area contributed by atoms with Crippen LogP contribution >= 0.6 is 0 Å². The van der Waals surface area contributed by atoms with Crippen molar-refractivity contribution in [3.05, 3.63) is 35.1 Å². The molecule has 2 fully saturated rings. The smallest absolute Gasteiger partial charge is 0.194 e. The molecular formula is C14H17F3N2. The van der Waals surface area contributed by atoms with Crippen molar-refractivity contribution in [2.24, 2.45) is 11.8 Å². The molecule has 0 saturated carbocycles. The topological polar surface area (TPSA) is 15.3 Å². The Morgan fingerprint density at radius 1 is 1.21 bits per heavy atom. The van der Waals surface area contributed by atoms with E-state index in [1.165, 1.54) is 0 Å². The van der Waals surface area contributed by atoms with Gasteiger partial charge in [-0.1, -0.05) is 0 Å². The zero-order chi connectivity index (χ0) is 13.6. The van der Waals surface area contributed by atoms with Crippen LogP contribution in [-0.2, 0) is 6.54 Å². The number of halogens is 3. The number of benzene rings is 1. The highest BCUT2D eigenvalue weighted by atomic mass is 19.2. The van der Waals surface area contributed by atoms with Gasteiger partial charge in [0, 0.05) is 19.1 Å². The summed E-state index contributed by atoms with van der Waals surface area (Å²) in [6.07, 6.45) is 0. The van der Waals surface area contributed by atoms with Gasteiger partial charge in [0.15, 0.2) is 17.5 Å². The molecule has 2 nitrogen and oxygen atoms in total. The largest absolute Gasteiger partial charge is 0.316 e. The van der Waals surface area contributed by atoms with Gasteiger partial charge < -0.3 is 5.32 Å². The average molecular weight is 270 g/mol. The van der Waals surface area contributed by atoms with Gasteiger partial charge in [-0.15, -0.1) is 0 Å². The van der Waals surface area contributed by atoms with Crippen LogP contribution in [0.4, 0.5) is 13.2 Å². The summed E-state index contributed by atoms with van der Waals surface area (Å²) >= 11 is 0. The molecule has 2 saturated heterocycles.